The minimum Gasteiger partial charge on any atom is -0.424 e. The predicted octanol–water partition coefficient (Wildman–Crippen LogP) is 9.75. The number of anilines is 2. The van der Waals surface area contributed by atoms with Gasteiger partial charge in [0.25, 0.3) is 0 Å². The third kappa shape index (κ3) is 6.62. The fourth-order valence-corrected chi connectivity index (χ4v) is 25.5. The maximum Gasteiger partial charge on any atom is 0.141 e. The Kier molecular flexibility index (Phi) is 8.91. The van der Waals surface area contributed by atoms with Crippen molar-refractivity contribution in [1.82, 2.24) is 0 Å². The molecule has 0 heterocycles. The summed E-state index contributed by atoms with van der Waals surface area (Å²) < 4.78 is 5.71. The normalized spacial score (nSPS) is 13.7. The Labute approximate surface area is 222 Å². The van der Waals surface area contributed by atoms with Crippen molar-refractivity contribution in [2.75, 3.05) is 8.46 Å². The molecule has 0 fully saturated rings. The van der Waals surface area contributed by atoms with Gasteiger partial charge >= 0.3 is 0 Å². The molecule has 0 bridgehead atoms. The summed E-state index contributed by atoms with van der Waals surface area (Å²) in [4.78, 5) is 0. The van der Waals surface area contributed by atoms with E-state index in [1.54, 1.807) is 0 Å². The molecule has 2 rings (SSSR count). The Morgan fingerprint density at radius 2 is 0.771 bits per heavy atom. The van der Waals surface area contributed by atoms with Crippen molar-refractivity contribution in [3.63, 3.8) is 0 Å². The summed E-state index contributed by atoms with van der Waals surface area (Å²) in [7, 11) is -5.86. The summed E-state index contributed by atoms with van der Waals surface area (Å²) in [6.45, 7) is 34.5. The molecule has 2 aromatic rings. The van der Waals surface area contributed by atoms with Crippen LogP contribution in [0.15, 0.2) is 48.5 Å². The molecule has 2 aromatic carbocycles. The summed E-state index contributed by atoms with van der Waals surface area (Å²) in [5.74, 6) is 0. The van der Waals surface area contributed by atoms with Gasteiger partial charge in [-0.25, -0.2) is 0 Å². The van der Waals surface area contributed by atoms with Gasteiger partial charge < -0.3 is 8.46 Å². The van der Waals surface area contributed by atoms with E-state index in [9.17, 15) is 0 Å². The molecule has 0 amide bonds. The van der Waals surface area contributed by atoms with Gasteiger partial charge in [0.2, 0.25) is 0 Å². The molecule has 0 saturated heterocycles. The summed E-state index contributed by atoms with van der Waals surface area (Å²) >= 11 is 0. The Balaban J connectivity index is 2.43. The van der Waals surface area contributed by atoms with Crippen molar-refractivity contribution in [3.8, 4) is 0 Å². The molecule has 6 heteroatoms. The van der Waals surface area contributed by atoms with Crippen LogP contribution < -0.4 is 8.46 Å². The van der Waals surface area contributed by atoms with E-state index in [0.717, 1.165) is 0 Å². The summed E-state index contributed by atoms with van der Waals surface area (Å²) in [6, 6.07) is 21.7. The van der Waals surface area contributed by atoms with Crippen LogP contribution in [-0.4, -0.2) is 32.9 Å². The third-order valence-electron chi connectivity index (χ3n) is 7.98. The molecule has 196 valence electrons. The van der Waals surface area contributed by atoms with E-state index in [1.165, 1.54) is 34.6 Å². The average molecular weight is 543 g/mol. The maximum atomic E-state index is 2.86. The van der Waals surface area contributed by atoms with E-state index >= 15 is 0 Å². The molecule has 0 unspecified atom stereocenters. The first-order chi connectivity index (χ1) is 15.8. The molecule has 0 saturated carbocycles. The Bertz CT molecular complexity index is 886. The van der Waals surface area contributed by atoms with Crippen LogP contribution in [0.2, 0.25) is 77.6 Å². The fraction of sp³-hybridized carbons (Fsp3) is 0.586. The quantitative estimate of drug-likeness (QED) is 0.276. The van der Waals surface area contributed by atoms with Crippen LogP contribution in [-0.2, 0) is 5.41 Å². The van der Waals surface area contributed by atoms with Gasteiger partial charge in [0.05, 0.1) is 0 Å². The zero-order valence-electron chi connectivity index (χ0n) is 25.4. The van der Waals surface area contributed by atoms with Crippen LogP contribution in [0.4, 0.5) is 11.4 Å². The topological polar surface area (TPSA) is 6.48 Å². The minimum absolute atomic E-state index is 0.0273. The van der Waals surface area contributed by atoms with Crippen LogP contribution in [0.3, 0.4) is 0 Å². The zero-order chi connectivity index (χ0) is 27.0. The molecule has 0 spiro atoms. The molecule has 0 aromatic heterocycles. The van der Waals surface area contributed by atoms with Gasteiger partial charge in [-0.1, -0.05) is 117 Å². The Morgan fingerprint density at radius 1 is 0.514 bits per heavy atom. The van der Waals surface area contributed by atoms with Crippen molar-refractivity contribution in [2.24, 2.45) is 0 Å². The number of benzene rings is 2. The highest BCUT2D eigenvalue weighted by Gasteiger charge is 2.38. The van der Waals surface area contributed by atoms with Crippen molar-refractivity contribution in [3.05, 3.63) is 59.7 Å². The molecule has 0 aliphatic rings. The van der Waals surface area contributed by atoms with Gasteiger partial charge in [-0.15, -0.1) is 0 Å². The highest BCUT2D eigenvalue weighted by Crippen LogP contribution is 2.37. The zero-order valence-corrected chi connectivity index (χ0v) is 29.4. The highest BCUT2D eigenvalue weighted by molar-refractivity contribution is 7.00. The fourth-order valence-electron chi connectivity index (χ4n) is 5.83. The molecule has 0 aliphatic carbocycles. The molecular weight excluding hydrogens is 489 g/mol. The van der Waals surface area contributed by atoms with Crippen LogP contribution in [0.5, 0.6) is 0 Å². The Morgan fingerprint density at radius 3 is 0.971 bits per heavy atom. The second kappa shape index (κ2) is 10.3. The first-order valence-electron chi connectivity index (χ1n) is 13.6. The lowest BCUT2D eigenvalue weighted by molar-refractivity contribution is 0.641. The highest BCUT2D eigenvalue weighted by atomic mass is 28.4. The van der Waals surface area contributed by atoms with Crippen LogP contribution in [0.25, 0.3) is 0 Å². The lowest BCUT2D eigenvalue weighted by Crippen LogP contribution is -2.60. The summed E-state index contributed by atoms with van der Waals surface area (Å²) in [5.41, 5.74) is 5.61. The SMILES string of the molecule is CC[Si](C)(C)N(c1ccc(C(C)(C)c2ccc(N([Si](C)(C)C)[Si](C)(C)CC)cc2)cc1)[Si](C)(C)C. The molecular formula is C29H54N2Si4. The Hall–Kier alpha value is -1.09. The van der Waals surface area contributed by atoms with E-state index in [-0.39, 0.29) is 5.41 Å². The first-order valence-corrected chi connectivity index (χ1v) is 26.8. The lowest BCUT2D eigenvalue weighted by Gasteiger charge is -2.47. The standard InChI is InChI=1S/C29H54N2Si4/c1-15-34(11,12)30(32(5,6)7)27-21-17-25(18-22-27)29(3,4)26-19-23-28(24-20-26)31(33(8,9)10)35(13,14)16-2/h17-24H,15-16H2,1-14H3. The van der Waals surface area contributed by atoms with Crippen molar-refractivity contribution >= 4 is 44.3 Å². The molecule has 0 aliphatic heterocycles. The molecule has 0 N–H and O–H groups in total. The number of hydrogen-bond acceptors (Lipinski definition) is 2. The van der Waals surface area contributed by atoms with Crippen molar-refractivity contribution < 1.29 is 0 Å². The third-order valence-corrected chi connectivity index (χ3v) is 25.2. The van der Waals surface area contributed by atoms with E-state index in [2.05, 4.69) is 150 Å². The summed E-state index contributed by atoms with van der Waals surface area (Å²) in [6.07, 6.45) is 0. The van der Waals surface area contributed by atoms with Gasteiger partial charge in [-0.05, 0) is 47.5 Å². The average Bonchev–Trinajstić information content (AvgIpc) is 2.72. The number of rotatable bonds is 10. The van der Waals surface area contributed by atoms with Gasteiger partial charge in [0, 0.05) is 16.8 Å². The van der Waals surface area contributed by atoms with Crippen molar-refractivity contribution in [1.29, 1.82) is 0 Å². The molecule has 0 radical (unpaired) electrons. The van der Waals surface area contributed by atoms with Crippen LogP contribution in [0, 0.1) is 0 Å². The second-order valence-electron chi connectivity index (χ2n) is 14.1. The van der Waals surface area contributed by atoms with Crippen molar-refractivity contribution in [2.45, 2.75) is 111 Å². The predicted molar refractivity (Wildman–Crippen MR) is 173 cm³/mol. The van der Waals surface area contributed by atoms with E-state index < -0.39 is 32.9 Å². The van der Waals surface area contributed by atoms with E-state index in [0.29, 0.717) is 0 Å². The van der Waals surface area contributed by atoms with Crippen LogP contribution >= 0.6 is 0 Å². The molecule has 0 atom stereocenters. The second-order valence-corrected chi connectivity index (χ2v) is 34.1. The first kappa shape index (κ1) is 30.1. The molecule has 2 nitrogen and oxygen atoms in total. The van der Waals surface area contributed by atoms with Gasteiger partial charge in [-0.2, -0.15) is 0 Å². The van der Waals surface area contributed by atoms with Crippen LogP contribution in [0.1, 0.15) is 38.8 Å². The molecule has 35 heavy (non-hydrogen) atoms. The van der Waals surface area contributed by atoms with E-state index in [4.69, 9.17) is 0 Å². The summed E-state index contributed by atoms with van der Waals surface area (Å²) in [5, 5.41) is 0. The number of hydrogen-bond donors (Lipinski definition) is 0. The van der Waals surface area contributed by atoms with Gasteiger partial charge in [-0.3, -0.25) is 0 Å². The maximum absolute atomic E-state index is 2.86. The smallest absolute Gasteiger partial charge is 0.141 e. The lowest BCUT2D eigenvalue weighted by atomic mass is 9.78. The van der Waals surface area contributed by atoms with E-state index in [1.807, 2.05) is 0 Å². The largest absolute Gasteiger partial charge is 0.424 e. The van der Waals surface area contributed by atoms with Gasteiger partial charge in [0.15, 0.2) is 0 Å². The van der Waals surface area contributed by atoms with Gasteiger partial charge in [0.1, 0.15) is 32.9 Å². The minimum atomic E-state index is -1.47. The monoisotopic (exact) mass is 542 g/mol. The number of nitrogens with zero attached hydrogens (tertiary/aromatic N) is 2.